The van der Waals surface area contributed by atoms with E-state index in [1.54, 1.807) is 0 Å². The lowest BCUT2D eigenvalue weighted by molar-refractivity contribution is 0.733. The molecule has 2 nitrogen and oxygen atoms in total. The van der Waals surface area contributed by atoms with Gasteiger partial charge in [-0.25, -0.2) is 0 Å². The summed E-state index contributed by atoms with van der Waals surface area (Å²) in [7, 11) is 0. The monoisotopic (exact) mass is 234 g/mol. The molecule has 0 fully saturated rings. The molecular formula is C16H14N2. The first kappa shape index (κ1) is 11.0. The highest BCUT2D eigenvalue weighted by molar-refractivity contribution is 6.08. The van der Waals surface area contributed by atoms with Crippen molar-refractivity contribution in [3.63, 3.8) is 0 Å². The topological polar surface area (TPSA) is 36.1 Å². The predicted molar refractivity (Wildman–Crippen MR) is 74.5 cm³/mol. The van der Waals surface area contributed by atoms with E-state index < -0.39 is 0 Å². The van der Waals surface area contributed by atoms with Crippen molar-refractivity contribution in [1.29, 1.82) is 5.26 Å². The molecule has 0 saturated carbocycles. The van der Waals surface area contributed by atoms with Crippen LogP contribution in [0.1, 0.15) is 31.9 Å². The van der Waals surface area contributed by atoms with Gasteiger partial charge in [-0.05, 0) is 18.6 Å². The minimum Gasteiger partial charge on any atom is -0.256 e. The van der Waals surface area contributed by atoms with Crippen molar-refractivity contribution in [2.75, 3.05) is 0 Å². The molecule has 0 N–H and O–H groups in total. The summed E-state index contributed by atoms with van der Waals surface area (Å²) in [4.78, 5) is 4.72. The molecule has 0 saturated heterocycles. The van der Waals surface area contributed by atoms with E-state index in [2.05, 4.69) is 26.8 Å². The van der Waals surface area contributed by atoms with Gasteiger partial charge in [-0.2, -0.15) is 5.26 Å². The number of nitrogens with zero attached hydrogens (tertiary/aromatic N) is 2. The summed E-state index contributed by atoms with van der Waals surface area (Å²) in [5.74, 6) is 0. The Morgan fingerprint density at radius 2 is 1.83 bits per heavy atom. The molecule has 0 amide bonds. The van der Waals surface area contributed by atoms with E-state index >= 15 is 0 Å². The van der Waals surface area contributed by atoms with E-state index in [0.717, 1.165) is 33.3 Å². The molecule has 0 aromatic heterocycles. The highest BCUT2D eigenvalue weighted by Crippen LogP contribution is 2.45. The van der Waals surface area contributed by atoms with Crippen molar-refractivity contribution in [2.45, 2.75) is 26.2 Å². The van der Waals surface area contributed by atoms with E-state index in [1.165, 1.54) is 0 Å². The molecule has 1 aliphatic heterocycles. The standard InChI is InChI=1S/C16H14N2/c1-10-16(2,3)14-8-11(9-17)12-6-4-5-7-13(12)15(14)18-10/h4-8H,1-3H3. The first-order chi connectivity index (χ1) is 8.55. The number of nitriles is 1. The van der Waals surface area contributed by atoms with Gasteiger partial charge in [-0.15, -0.1) is 0 Å². The van der Waals surface area contributed by atoms with Crippen LogP contribution in [0.25, 0.3) is 10.8 Å². The second-order valence-corrected chi connectivity index (χ2v) is 5.30. The number of benzene rings is 2. The van der Waals surface area contributed by atoms with E-state index in [-0.39, 0.29) is 5.41 Å². The van der Waals surface area contributed by atoms with Gasteiger partial charge in [0, 0.05) is 21.9 Å². The molecule has 2 heteroatoms. The Bertz CT molecular complexity index is 731. The SMILES string of the molecule is CC1=Nc2c(cc(C#N)c3ccccc23)C1(C)C. The Kier molecular flexibility index (Phi) is 2.09. The molecule has 1 heterocycles. The van der Waals surface area contributed by atoms with Gasteiger partial charge in [0.05, 0.1) is 17.3 Å². The lowest BCUT2D eigenvalue weighted by Gasteiger charge is -2.20. The van der Waals surface area contributed by atoms with Crippen LogP contribution >= 0.6 is 0 Å². The third-order valence-corrected chi connectivity index (χ3v) is 3.99. The van der Waals surface area contributed by atoms with Crippen LogP contribution in [0.5, 0.6) is 0 Å². The van der Waals surface area contributed by atoms with Crippen LogP contribution in [0, 0.1) is 11.3 Å². The van der Waals surface area contributed by atoms with Crippen molar-refractivity contribution >= 4 is 22.2 Å². The Labute approximate surface area is 107 Å². The van der Waals surface area contributed by atoms with Gasteiger partial charge < -0.3 is 0 Å². The highest BCUT2D eigenvalue weighted by Gasteiger charge is 2.33. The maximum absolute atomic E-state index is 9.32. The van der Waals surface area contributed by atoms with Gasteiger partial charge in [0.1, 0.15) is 0 Å². The molecule has 1 aliphatic rings. The molecule has 0 atom stereocenters. The molecule has 88 valence electrons. The van der Waals surface area contributed by atoms with Crippen LogP contribution in [0.3, 0.4) is 0 Å². The smallest absolute Gasteiger partial charge is 0.0998 e. The molecular weight excluding hydrogens is 220 g/mol. The van der Waals surface area contributed by atoms with E-state index in [1.807, 2.05) is 30.3 Å². The summed E-state index contributed by atoms with van der Waals surface area (Å²) in [5, 5.41) is 11.4. The molecule has 2 aromatic carbocycles. The van der Waals surface area contributed by atoms with Crippen molar-refractivity contribution in [3.8, 4) is 6.07 Å². The Morgan fingerprint density at radius 1 is 1.17 bits per heavy atom. The molecule has 0 unspecified atom stereocenters. The van der Waals surface area contributed by atoms with Crippen LogP contribution in [-0.2, 0) is 5.41 Å². The number of rotatable bonds is 0. The predicted octanol–water partition coefficient (Wildman–Crippen LogP) is 4.10. The van der Waals surface area contributed by atoms with Crippen LogP contribution in [0.2, 0.25) is 0 Å². The van der Waals surface area contributed by atoms with Gasteiger partial charge in [-0.1, -0.05) is 38.1 Å². The summed E-state index contributed by atoms with van der Waals surface area (Å²) in [5.41, 5.74) is 3.97. The number of aliphatic imine (C=N–C) groups is 1. The van der Waals surface area contributed by atoms with Crippen LogP contribution in [-0.4, -0.2) is 5.71 Å². The van der Waals surface area contributed by atoms with Crippen molar-refractivity contribution < 1.29 is 0 Å². The average molecular weight is 234 g/mol. The first-order valence-corrected chi connectivity index (χ1v) is 6.08. The Hall–Kier alpha value is -2.14. The third kappa shape index (κ3) is 1.25. The minimum absolute atomic E-state index is 0.0784. The van der Waals surface area contributed by atoms with Crippen LogP contribution in [0.4, 0.5) is 5.69 Å². The third-order valence-electron chi connectivity index (χ3n) is 3.99. The largest absolute Gasteiger partial charge is 0.256 e. The Morgan fingerprint density at radius 3 is 2.50 bits per heavy atom. The lowest BCUT2D eigenvalue weighted by Crippen LogP contribution is -2.22. The van der Waals surface area contributed by atoms with Gasteiger partial charge in [0.25, 0.3) is 0 Å². The molecule has 0 bridgehead atoms. The maximum Gasteiger partial charge on any atom is 0.0998 e. The second kappa shape index (κ2) is 3.43. The highest BCUT2D eigenvalue weighted by atomic mass is 14.8. The molecule has 2 aromatic rings. The zero-order valence-electron chi connectivity index (χ0n) is 10.8. The van der Waals surface area contributed by atoms with Crippen molar-refractivity contribution in [1.82, 2.24) is 0 Å². The van der Waals surface area contributed by atoms with Crippen LogP contribution in [0.15, 0.2) is 35.3 Å². The lowest BCUT2D eigenvalue weighted by atomic mass is 9.80. The van der Waals surface area contributed by atoms with E-state index in [4.69, 9.17) is 4.99 Å². The van der Waals surface area contributed by atoms with Gasteiger partial charge >= 0.3 is 0 Å². The Balaban J connectivity index is 2.50. The second-order valence-electron chi connectivity index (χ2n) is 5.30. The summed E-state index contributed by atoms with van der Waals surface area (Å²) in [6.45, 7) is 6.38. The van der Waals surface area contributed by atoms with Gasteiger partial charge in [0.15, 0.2) is 0 Å². The number of hydrogen-bond donors (Lipinski definition) is 0. The first-order valence-electron chi connectivity index (χ1n) is 6.08. The van der Waals surface area contributed by atoms with Crippen molar-refractivity contribution in [2.24, 2.45) is 4.99 Å². The molecule has 18 heavy (non-hydrogen) atoms. The fraction of sp³-hybridized carbons (Fsp3) is 0.250. The maximum atomic E-state index is 9.32. The number of hydrogen-bond acceptors (Lipinski definition) is 2. The fourth-order valence-electron chi connectivity index (χ4n) is 2.55. The van der Waals surface area contributed by atoms with E-state index in [9.17, 15) is 5.26 Å². The fourth-order valence-corrected chi connectivity index (χ4v) is 2.55. The van der Waals surface area contributed by atoms with Crippen molar-refractivity contribution in [3.05, 3.63) is 41.5 Å². The van der Waals surface area contributed by atoms with Gasteiger partial charge in [0.2, 0.25) is 0 Å². The molecule has 0 radical (unpaired) electrons. The number of fused-ring (bicyclic) bond motifs is 3. The summed E-state index contributed by atoms with van der Waals surface area (Å²) in [6, 6.07) is 12.3. The normalized spacial score (nSPS) is 16.2. The minimum atomic E-state index is -0.0784. The molecule has 0 spiro atoms. The summed E-state index contributed by atoms with van der Waals surface area (Å²) >= 11 is 0. The van der Waals surface area contributed by atoms with Gasteiger partial charge in [-0.3, -0.25) is 4.99 Å². The average Bonchev–Trinajstić information content (AvgIpc) is 2.60. The quantitative estimate of drug-likeness (QED) is 0.676. The zero-order valence-corrected chi connectivity index (χ0v) is 10.8. The zero-order chi connectivity index (χ0) is 12.9. The van der Waals surface area contributed by atoms with Crippen LogP contribution < -0.4 is 0 Å². The molecule has 3 rings (SSSR count). The molecule has 0 aliphatic carbocycles. The summed E-state index contributed by atoms with van der Waals surface area (Å²) < 4.78 is 0. The summed E-state index contributed by atoms with van der Waals surface area (Å²) in [6.07, 6.45) is 0. The van der Waals surface area contributed by atoms with E-state index in [0.29, 0.717) is 0 Å².